The normalized spacial score (nSPS) is 10.5. The van der Waals surface area contributed by atoms with Crippen LogP contribution in [0.15, 0.2) is 41.4 Å². The van der Waals surface area contributed by atoms with E-state index in [-0.39, 0.29) is 11.4 Å². The maximum Gasteiger partial charge on any atom is 0.289 e. The first-order chi connectivity index (χ1) is 11.0. The summed E-state index contributed by atoms with van der Waals surface area (Å²) in [7, 11) is 0. The van der Waals surface area contributed by atoms with E-state index in [0.29, 0.717) is 17.1 Å². The molecule has 1 heterocycles. The van der Waals surface area contributed by atoms with Gasteiger partial charge in [-0.25, -0.2) is 0 Å². The standard InChI is InChI=1S/C15H15N3O4S/c1-2-11-3-4-12(16-10-11)7-8-23-15-6-5-13(17(19)20)9-14(15)18(21)22/h3-6,9-10H,2,7-8H2,1H3. The number of benzene rings is 1. The quantitative estimate of drug-likeness (QED) is 0.434. The van der Waals surface area contributed by atoms with Crippen molar-refractivity contribution < 1.29 is 9.85 Å². The number of pyridine rings is 1. The third kappa shape index (κ3) is 4.49. The van der Waals surface area contributed by atoms with Crippen molar-refractivity contribution in [2.75, 3.05) is 5.75 Å². The first kappa shape index (κ1) is 16.9. The van der Waals surface area contributed by atoms with E-state index in [4.69, 9.17) is 0 Å². The van der Waals surface area contributed by atoms with Crippen molar-refractivity contribution >= 4 is 23.1 Å². The fourth-order valence-electron chi connectivity index (χ4n) is 1.96. The summed E-state index contributed by atoms with van der Waals surface area (Å²) in [6.07, 6.45) is 3.42. The van der Waals surface area contributed by atoms with Gasteiger partial charge in [-0.15, -0.1) is 11.8 Å². The molecule has 0 bridgehead atoms. The Morgan fingerprint density at radius 2 is 1.91 bits per heavy atom. The monoisotopic (exact) mass is 333 g/mol. The summed E-state index contributed by atoms with van der Waals surface area (Å²) in [4.78, 5) is 25.3. The van der Waals surface area contributed by atoms with Gasteiger partial charge in [0.2, 0.25) is 0 Å². The molecule has 0 saturated carbocycles. The number of non-ortho nitro benzene ring substituents is 1. The van der Waals surface area contributed by atoms with Gasteiger partial charge in [0.25, 0.3) is 11.4 Å². The van der Waals surface area contributed by atoms with Crippen LogP contribution in [0.1, 0.15) is 18.2 Å². The maximum absolute atomic E-state index is 11.1. The lowest BCUT2D eigenvalue weighted by atomic mass is 10.2. The van der Waals surface area contributed by atoms with Crippen LogP contribution in [0, 0.1) is 20.2 Å². The molecule has 0 aliphatic heterocycles. The van der Waals surface area contributed by atoms with Gasteiger partial charge in [0.1, 0.15) is 0 Å². The Morgan fingerprint density at radius 1 is 1.13 bits per heavy atom. The van der Waals surface area contributed by atoms with Gasteiger partial charge in [0, 0.05) is 23.7 Å². The van der Waals surface area contributed by atoms with Crippen molar-refractivity contribution in [1.82, 2.24) is 4.98 Å². The van der Waals surface area contributed by atoms with Crippen molar-refractivity contribution in [1.29, 1.82) is 0 Å². The SMILES string of the molecule is CCc1ccc(CCSc2ccc([N+](=O)[O-])cc2[N+](=O)[O-])nc1. The van der Waals surface area contributed by atoms with Crippen LogP contribution in [0.5, 0.6) is 0 Å². The molecule has 7 nitrogen and oxygen atoms in total. The fraction of sp³-hybridized carbons (Fsp3) is 0.267. The average Bonchev–Trinajstić information content (AvgIpc) is 2.55. The average molecular weight is 333 g/mol. The van der Waals surface area contributed by atoms with E-state index in [1.165, 1.54) is 23.9 Å². The van der Waals surface area contributed by atoms with Crippen molar-refractivity contribution in [3.05, 3.63) is 68.0 Å². The molecule has 0 atom stereocenters. The first-order valence-electron chi connectivity index (χ1n) is 7.00. The lowest BCUT2D eigenvalue weighted by molar-refractivity contribution is -0.396. The zero-order valence-corrected chi connectivity index (χ0v) is 13.3. The highest BCUT2D eigenvalue weighted by Crippen LogP contribution is 2.32. The molecule has 0 saturated heterocycles. The van der Waals surface area contributed by atoms with Crippen LogP contribution < -0.4 is 0 Å². The zero-order chi connectivity index (χ0) is 16.8. The molecule has 120 valence electrons. The van der Waals surface area contributed by atoms with Crippen molar-refractivity contribution in [3.8, 4) is 0 Å². The van der Waals surface area contributed by atoms with Gasteiger partial charge in [0.05, 0.1) is 20.8 Å². The van der Waals surface area contributed by atoms with Gasteiger partial charge >= 0.3 is 0 Å². The van der Waals surface area contributed by atoms with Gasteiger partial charge in [0.15, 0.2) is 0 Å². The van der Waals surface area contributed by atoms with Gasteiger partial charge in [-0.3, -0.25) is 25.2 Å². The second-order valence-electron chi connectivity index (χ2n) is 4.78. The third-order valence-electron chi connectivity index (χ3n) is 3.26. The fourth-order valence-corrected chi connectivity index (χ4v) is 2.94. The van der Waals surface area contributed by atoms with Gasteiger partial charge < -0.3 is 0 Å². The molecule has 0 N–H and O–H groups in total. The molecule has 2 rings (SSSR count). The zero-order valence-electron chi connectivity index (χ0n) is 12.5. The summed E-state index contributed by atoms with van der Waals surface area (Å²) in [5, 5.41) is 21.8. The lowest BCUT2D eigenvalue weighted by Crippen LogP contribution is -1.97. The number of hydrogen-bond acceptors (Lipinski definition) is 6. The summed E-state index contributed by atoms with van der Waals surface area (Å²) in [5.74, 6) is 0.608. The van der Waals surface area contributed by atoms with E-state index in [9.17, 15) is 20.2 Å². The Bertz CT molecular complexity index is 719. The van der Waals surface area contributed by atoms with Gasteiger partial charge in [-0.1, -0.05) is 13.0 Å². The van der Waals surface area contributed by atoms with Crippen LogP contribution in [0.3, 0.4) is 0 Å². The Hall–Kier alpha value is -2.48. The molecular weight excluding hydrogens is 318 g/mol. The number of nitro groups is 2. The molecule has 0 fully saturated rings. The molecule has 8 heteroatoms. The topological polar surface area (TPSA) is 99.2 Å². The number of rotatable bonds is 7. The molecule has 0 aliphatic rings. The van der Waals surface area contributed by atoms with Crippen LogP contribution in [0.4, 0.5) is 11.4 Å². The smallest absolute Gasteiger partial charge is 0.261 e. The van der Waals surface area contributed by atoms with E-state index in [2.05, 4.69) is 11.9 Å². The number of aromatic nitrogens is 1. The minimum Gasteiger partial charge on any atom is -0.261 e. The van der Waals surface area contributed by atoms with Crippen LogP contribution in [0.25, 0.3) is 0 Å². The molecule has 2 aromatic rings. The Labute approximate surface area is 137 Å². The number of aryl methyl sites for hydroxylation is 2. The Balaban J connectivity index is 2.04. The number of nitrogens with zero attached hydrogens (tertiary/aromatic N) is 3. The highest BCUT2D eigenvalue weighted by molar-refractivity contribution is 7.99. The minimum atomic E-state index is -0.638. The van der Waals surface area contributed by atoms with Crippen LogP contribution >= 0.6 is 11.8 Å². The van der Waals surface area contributed by atoms with E-state index in [0.717, 1.165) is 23.7 Å². The molecule has 0 unspecified atom stereocenters. The van der Waals surface area contributed by atoms with Crippen LogP contribution in [0.2, 0.25) is 0 Å². The summed E-state index contributed by atoms with van der Waals surface area (Å²) < 4.78 is 0. The van der Waals surface area contributed by atoms with Crippen molar-refractivity contribution in [2.45, 2.75) is 24.7 Å². The van der Waals surface area contributed by atoms with Crippen LogP contribution in [-0.4, -0.2) is 20.6 Å². The highest BCUT2D eigenvalue weighted by Gasteiger charge is 2.19. The number of thioether (sulfide) groups is 1. The molecule has 0 amide bonds. The molecule has 0 aliphatic carbocycles. The number of hydrogen-bond donors (Lipinski definition) is 0. The second-order valence-corrected chi connectivity index (χ2v) is 5.91. The molecule has 0 radical (unpaired) electrons. The molecular formula is C15H15N3O4S. The predicted octanol–water partition coefficient (Wildman–Crippen LogP) is 3.80. The molecule has 1 aromatic heterocycles. The summed E-state index contributed by atoms with van der Waals surface area (Å²) in [5.41, 5.74) is 1.56. The minimum absolute atomic E-state index is 0.238. The summed E-state index contributed by atoms with van der Waals surface area (Å²) in [6, 6.07) is 7.67. The van der Waals surface area contributed by atoms with E-state index in [1.807, 2.05) is 18.3 Å². The second kappa shape index (κ2) is 7.68. The van der Waals surface area contributed by atoms with E-state index >= 15 is 0 Å². The third-order valence-corrected chi connectivity index (χ3v) is 4.32. The maximum atomic E-state index is 11.1. The van der Waals surface area contributed by atoms with Crippen molar-refractivity contribution in [2.24, 2.45) is 0 Å². The largest absolute Gasteiger partial charge is 0.289 e. The summed E-state index contributed by atoms with van der Waals surface area (Å²) >= 11 is 1.30. The Kier molecular flexibility index (Phi) is 5.64. The lowest BCUT2D eigenvalue weighted by Gasteiger charge is -2.04. The van der Waals surface area contributed by atoms with Gasteiger partial charge in [-0.05, 0) is 30.5 Å². The number of nitro benzene ring substituents is 2. The Morgan fingerprint density at radius 3 is 2.48 bits per heavy atom. The molecule has 0 spiro atoms. The van der Waals surface area contributed by atoms with Crippen LogP contribution in [-0.2, 0) is 12.8 Å². The highest BCUT2D eigenvalue weighted by atomic mass is 32.2. The predicted molar refractivity (Wildman–Crippen MR) is 87.8 cm³/mol. The van der Waals surface area contributed by atoms with E-state index in [1.54, 1.807) is 0 Å². The van der Waals surface area contributed by atoms with Crippen molar-refractivity contribution in [3.63, 3.8) is 0 Å². The summed E-state index contributed by atoms with van der Waals surface area (Å²) in [6.45, 7) is 2.06. The first-order valence-corrected chi connectivity index (χ1v) is 7.99. The van der Waals surface area contributed by atoms with Gasteiger partial charge in [-0.2, -0.15) is 0 Å². The van der Waals surface area contributed by atoms with E-state index < -0.39 is 9.85 Å². The molecule has 1 aromatic carbocycles. The molecule has 23 heavy (non-hydrogen) atoms.